The Morgan fingerprint density at radius 1 is 1.42 bits per heavy atom. The van der Waals surface area contributed by atoms with Crippen molar-refractivity contribution in [2.45, 2.75) is 36.7 Å². The van der Waals surface area contributed by atoms with E-state index in [1.807, 2.05) is 0 Å². The average Bonchev–Trinajstić information content (AvgIpc) is 2.75. The van der Waals surface area contributed by atoms with Crippen molar-refractivity contribution in [3.05, 3.63) is 17.9 Å². The van der Waals surface area contributed by atoms with Crippen molar-refractivity contribution in [2.75, 3.05) is 18.8 Å². The monoisotopic (exact) mass is 305 g/mol. The lowest BCUT2D eigenvalue weighted by molar-refractivity contribution is 0.235. The van der Waals surface area contributed by atoms with E-state index in [2.05, 4.69) is 13.8 Å². The summed E-state index contributed by atoms with van der Waals surface area (Å²) in [5, 5.41) is 8.85. The molecule has 2 rings (SSSR count). The quantitative estimate of drug-likeness (QED) is 0.920. The third-order valence-electron chi connectivity index (χ3n) is 3.18. The molecule has 108 valence electrons. The predicted octanol–water partition coefficient (Wildman–Crippen LogP) is 1.68. The maximum atomic E-state index is 12.4. The fourth-order valence-corrected chi connectivity index (χ4v) is 4.54. The van der Waals surface area contributed by atoms with Gasteiger partial charge in [0.15, 0.2) is 0 Å². The molecule has 1 aliphatic heterocycles. The number of furan rings is 1. The van der Waals surface area contributed by atoms with Gasteiger partial charge in [-0.1, -0.05) is 13.8 Å². The van der Waals surface area contributed by atoms with Gasteiger partial charge in [-0.15, -0.1) is 0 Å². The van der Waals surface area contributed by atoms with Crippen molar-refractivity contribution in [2.24, 2.45) is 0 Å². The number of aliphatic hydroxyl groups is 1. The molecule has 1 aromatic heterocycles. The van der Waals surface area contributed by atoms with Crippen molar-refractivity contribution < 1.29 is 17.9 Å². The lowest BCUT2D eigenvalue weighted by atomic mass is 10.1. The molecule has 0 aromatic carbocycles. The van der Waals surface area contributed by atoms with Gasteiger partial charge < -0.3 is 9.52 Å². The van der Waals surface area contributed by atoms with Crippen molar-refractivity contribution in [1.82, 2.24) is 4.31 Å². The summed E-state index contributed by atoms with van der Waals surface area (Å²) in [5.41, 5.74) is 0. The zero-order chi connectivity index (χ0) is 14.1. The maximum Gasteiger partial charge on any atom is 0.276 e. The van der Waals surface area contributed by atoms with Crippen LogP contribution in [0.1, 0.15) is 26.0 Å². The second-order valence-electron chi connectivity index (χ2n) is 5.14. The van der Waals surface area contributed by atoms with Crippen LogP contribution in [0, 0.1) is 0 Å². The molecule has 1 aliphatic rings. The molecular weight excluding hydrogens is 286 g/mol. The van der Waals surface area contributed by atoms with Crippen LogP contribution in [0.25, 0.3) is 0 Å². The Morgan fingerprint density at radius 2 is 2.16 bits per heavy atom. The molecule has 7 heteroatoms. The average molecular weight is 305 g/mol. The Bertz CT molecular complexity index is 536. The molecule has 0 radical (unpaired) electrons. The first-order chi connectivity index (χ1) is 8.85. The van der Waals surface area contributed by atoms with Crippen LogP contribution in [0.5, 0.6) is 0 Å². The Kier molecular flexibility index (Phi) is 4.29. The largest absolute Gasteiger partial charge is 0.446 e. The first-order valence-electron chi connectivity index (χ1n) is 6.19. The summed E-state index contributed by atoms with van der Waals surface area (Å²) in [4.78, 5) is 0. The molecule has 1 fully saturated rings. The molecule has 0 amide bonds. The Balaban J connectivity index is 2.20. The lowest BCUT2D eigenvalue weighted by Crippen LogP contribution is -2.33. The highest BCUT2D eigenvalue weighted by molar-refractivity contribution is 8.00. The van der Waals surface area contributed by atoms with Gasteiger partial charge in [-0.05, 0) is 18.6 Å². The van der Waals surface area contributed by atoms with Crippen molar-refractivity contribution in [1.29, 1.82) is 0 Å². The summed E-state index contributed by atoms with van der Waals surface area (Å²) in [5.74, 6) is 1.04. The van der Waals surface area contributed by atoms with Crippen LogP contribution in [0.15, 0.2) is 21.6 Å². The minimum Gasteiger partial charge on any atom is -0.446 e. The van der Waals surface area contributed by atoms with Gasteiger partial charge in [0.1, 0.15) is 12.4 Å². The van der Waals surface area contributed by atoms with Crippen LogP contribution in [-0.4, -0.2) is 41.4 Å². The van der Waals surface area contributed by atoms with Crippen molar-refractivity contribution in [3.8, 4) is 0 Å². The summed E-state index contributed by atoms with van der Waals surface area (Å²) in [6, 6.07) is 2.90. The highest BCUT2D eigenvalue weighted by atomic mass is 32.2. The molecule has 19 heavy (non-hydrogen) atoms. The molecule has 0 spiro atoms. The Hall–Kier alpha value is -0.500. The van der Waals surface area contributed by atoms with Gasteiger partial charge in [0.25, 0.3) is 10.0 Å². The van der Waals surface area contributed by atoms with E-state index in [9.17, 15) is 8.42 Å². The minimum absolute atomic E-state index is 0.0822. The maximum absolute atomic E-state index is 12.4. The molecule has 2 heterocycles. The molecule has 0 atom stereocenters. The van der Waals surface area contributed by atoms with Crippen molar-refractivity contribution in [3.63, 3.8) is 0 Å². The van der Waals surface area contributed by atoms with E-state index < -0.39 is 10.0 Å². The second-order valence-corrected chi connectivity index (χ2v) is 8.81. The number of aliphatic hydroxyl groups excluding tert-OH is 1. The highest BCUT2D eigenvalue weighted by Crippen LogP contribution is 2.32. The van der Waals surface area contributed by atoms with Crippen LogP contribution in [0.2, 0.25) is 0 Å². The lowest BCUT2D eigenvalue weighted by Gasteiger charge is -2.21. The van der Waals surface area contributed by atoms with E-state index in [-0.39, 0.29) is 22.2 Å². The van der Waals surface area contributed by atoms with Gasteiger partial charge in [-0.2, -0.15) is 16.1 Å². The molecular formula is C12H19NO4S2. The number of thioether (sulfide) groups is 1. The normalized spacial score (nSPS) is 21.2. The van der Waals surface area contributed by atoms with E-state index >= 15 is 0 Å². The number of hydrogen-bond acceptors (Lipinski definition) is 5. The molecule has 1 aromatic rings. The summed E-state index contributed by atoms with van der Waals surface area (Å²) in [6.45, 7) is 4.95. The third kappa shape index (κ3) is 3.34. The van der Waals surface area contributed by atoms with Crippen LogP contribution in [0.4, 0.5) is 0 Å². The van der Waals surface area contributed by atoms with Gasteiger partial charge >= 0.3 is 0 Å². The van der Waals surface area contributed by atoms with Crippen LogP contribution < -0.4 is 0 Å². The highest BCUT2D eigenvalue weighted by Gasteiger charge is 2.32. The summed E-state index contributed by atoms with van der Waals surface area (Å²) in [7, 11) is -3.58. The molecule has 0 saturated carbocycles. The summed E-state index contributed by atoms with van der Waals surface area (Å²) >= 11 is 1.79. The van der Waals surface area contributed by atoms with E-state index in [4.69, 9.17) is 9.52 Å². The molecule has 0 unspecified atom stereocenters. The first kappa shape index (κ1) is 14.9. The van der Waals surface area contributed by atoms with Gasteiger partial charge in [0.2, 0.25) is 5.09 Å². The third-order valence-corrected chi connectivity index (χ3v) is 6.33. The van der Waals surface area contributed by atoms with Crippen molar-refractivity contribution >= 4 is 21.8 Å². The van der Waals surface area contributed by atoms with Gasteiger partial charge in [-0.25, -0.2) is 8.42 Å². The topological polar surface area (TPSA) is 70.8 Å². The zero-order valence-corrected chi connectivity index (χ0v) is 12.8. The molecule has 1 N–H and O–H groups in total. The number of sulfonamides is 1. The van der Waals surface area contributed by atoms with Gasteiger partial charge in [0.05, 0.1) is 0 Å². The molecule has 5 nitrogen and oxygen atoms in total. The van der Waals surface area contributed by atoms with Crippen LogP contribution >= 0.6 is 11.8 Å². The molecule has 0 bridgehead atoms. The number of nitrogens with zero attached hydrogens (tertiary/aromatic N) is 1. The number of hydrogen-bond donors (Lipinski definition) is 1. The summed E-state index contributed by atoms with van der Waals surface area (Å²) in [6.07, 6.45) is 0.810. The van der Waals surface area contributed by atoms with E-state index in [1.54, 1.807) is 11.8 Å². The van der Waals surface area contributed by atoms with E-state index in [1.165, 1.54) is 16.4 Å². The zero-order valence-electron chi connectivity index (χ0n) is 11.1. The van der Waals surface area contributed by atoms with Gasteiger partial charge in [0, 0.05) is 23.6 Å². The fourth-order valence-electron chi connectivity index (χ4n) is 1.95. The molecule has 1 saturated heterocycles. The van der Waals surface area contributed by atoms with Crippen LogP contribution in [0.3, 0.4) is 0 Å². The Morgan fingerprint density at radius 3 is 2.79 bits per heavy atom. The van der Waals surface area contributed by atoms with E-state index in [0.29, 0.717) is 13.1 Å². The minimum atomic E-state index is -3.58. The fraction of sp³-hybridized carbons (Fsp3) is 0.667. The predicted molar refractivity (Wildman–Crippen MR) is 74.5 cm³/mol. The number of rotatable bonds is 3. The van der Waals surface area contributed by atoms with Crippen LogP contribution in [-0.2, 0) is 16.6 Å². The first-order valence-corrected chi connectivity index (χ1v) is 8.61. The second kappa shape index (κ2) is 5.47. The SMILES string of the molecule is CC1(C)CCN(S(=O)(=O)c2ccc(CO)o2)CCS1. The smallest absolute Gasteiger partial charge is 0.276 e. The standard InChI is InChI=1S/C12H19NO4S2/c1-12(2)5-6-13(7-8-18-12)19(15,16)11-4-3-10(9-14)17-11/h3-4,14H,5-9H2,1-2H3. The summed E-state index contributed by atoms with van der Waals surface area (Å²) < 4.78 is 31.6. The van der Waals surface area contributed by atoms with Gasteiger partial charge in [-0.3, -0.25) is 0 Å². The molecule has 0 aliphatic carbocycles. The van der Waals surface area contributed by atoms with E-state index in [0.717, 1.165) is 12.2 Å². The Labute approximate surface area is 118 Å².